The highest BCUT2D eigenvalue weighted by Gasteiger charge is 2.26. The lowest BCUT2D eigenvalue weighted by atomic mass is 10.1. The number of aromatic nitrogens is 1. The molecule has 0 radical (unpaired) electrons. The number of aliphatic hydroxyl groups is 1. The van der Waals surface area contributed by atoms with Gasteiger partial charge < -0.3 is 15.1 Å². The summed E-state index contributed by atoms with van der Waals surface area (Å²) >= 11 is 0. The van der Waals surface area contributed by atoms with E-state index in [1.165, 1.54) is 31.5 Å². The number of likely N-dealkylation sites (tertiary alicyclic amines) is 1. The first kappa shape index (κ1) is 17.6. The van der Waals surface area contributed by atoms with Crippen molar-refractivity contribution in [3.05, 3.63) is 58.9 Å². The summed E-state index contributed by atoms with van der Waals surface area (Å²) in [6.07, 6.45) is 5.81. The molecule has 1 saturated heterocycles. The second-order valence-corrected chi connectivity index (χ2v) is 6.61. The molecule has 2 aromatic rings. The quantitative estimate of drug-likeness (QED) is 0.697. The molecule has 0 aliphatic carbocycles. The zero-order chi connectivity index (χ0) is 17.6. The van der Waals surface area contributed by atoms with Gasteiger partial charge in [0, 0.05) is 41.9 Å². The van der Waals surface area contributed by atoms with Crippen molar-refractivity contribution in [2.24, 2.45) is 4.99 Å². The minimum absolute atomic E-state index is 0.0973. The fraction of sp³-hybridized carbons (Fsp3) is 0.400. The highest BCUT2D eigenvalue weighted by Crippen LogP contribution is 2.22. The number of pyridine rings is 1. The first-order valence-corrected chi connectivity index (χ1v) is 8.88. The summed E-state index contributed by atoms with van der Waals surface area (Å²) < 4.78 is 0. The summed E-state index contributed by atoms with van der Waals surface area (Å²) in [5, 5.41) is 19.7. The van der Waals surface area contributed by atoms with Crippen LogP contribution < -0.4 is 4.90 Å². The first-order valence-electron chi connectivity index (χ1n) is 8.88. The van der Waals surface area contributed by atoms with Crippen LogP contribution >= 0.6 is 0 Å². The van der Waals surface area contributed by atoms with Gasteiger partial charge in [0.05, 0.1) is 31.9 Å². The summed E-state index contributed by atoms with van der Waals surface area (Å²) in [6.45, 7) is 4.59. The molecule has 5 nitrogen and oxygen atoms in total. The molecule has 1 aliphatic heterocycles. The maximum atomic E-state index is 10.2. The van der Waals surface area contributed by atoms with E-state index in [4.69, 9.17) is 0 Å². The van der Waals surface area contributed by atoms with E-state index in [0.717, 1.165) is 0 Å². The number of aryl methyl sites for hydroxylation is 1. The summed E-state index contributed by atoms with van der Waals surface area (Å²) in [7, 11) is 0. The number of nitrogens with zero attached hydrogens (tertiary/aromatic N) is 2. The zero-order valence-corrected chi connectivity index (χ0v) is 14.7. The van der Waals surface area contributed by atoms with Crippen LogP contribution in [0.5, 0.6) is 5.75 Å². The van der Waals surface area contributed by atoms with Crippen LogP contribution in [0.2, 0.25) is 0 Å². The number of hydrogen-bond donors (Lipinski definition) is 3. The van der Waals surface area contributed by atoms with E-state index in [0.29, 0.717) is 29.4 Å². The number of aliphatic imine (C=N–C) groups is 1. The smallest absolute Gasteiger partial charge is 0.145 e. The molecule has 3 N–H and O–H groups in total. The third-order valence-corrected chi connectivity index (χ3v) is 4.98. The van der Waals surface area contributed by atoms with Gasteiger partial charge >= 0.3 is 0 Å². The minimum atomic E-state index is -0.165. The predicted octanol–water partition coefficient (Wildman–Crippen LogP) is 1.43. The molecule has 1 aliphatic rings. The SMILES string of the molecule is Cc1ncc(CO)c(C=NC[C@@H](c2ccccc2)[NH+]2CCCC2)c1O. The van der Waals surface area contributed by atoms with Gasteiger partial charge in [0.2, 0.25) is 0 Å². The van der Waals surface area contributed by atoms with Gasteiger partial charge in [-0.2, -0.15) is 0 Å². The Labute approximate surface area is 148 Å². The van der Waals surface area contributed by atoms with E-state index < -0.39 is 0 Å². The fourth-order valence-electron chi connectivity index (χ4n) is 3.50. The molecule has 3 rings (SSSR count). The Hall–Kier alpha value is -2.24. The largest absolute Gasteiger partial charge is 0.505 e. The molecule has 1 fully saturated rings. The molecular weight excluding hydrogens is 314 g/mol. The van der Waals surface area contributed by atoms with Crippen LogP contribution in [-0.4, -0.2) is 41.0 Å². The molecular formula is C20H26N3O2+. The van der Waals surface area contributed by atoms with Crippen molar-refractivity contribution in [2.45, 2.75) is 32.4 Å². The van der Waals surface area contributed by atoms with Gasteiger partial charge in [-0.1, -0.05) is 30.3 Å². The molecule has 1 atom stereocenters. The van der Waals surface area contributed by atoms with Crippen LogP contribution in [0, 0.1) is 6.92 Å². The fourth-order valence-corrected chi connectivity index (χ4v) is 3.50. The number of nitrogens with one attached hydrogen (secondary N) is 1. The Kier molecular flexibility index (Phi) is 5.79. The highest BCUT2D eigenvalue weighted by atomic mass is 16.3. The molecule has 0 unspecified atom stereocenters. The van der Waals surface area contributed by atoms with E-state index in [2.05, 4.69) is 34.2 Å². The number of quaternary nitrogens is 1. The maximum absolute atomic E-state index is 10.2. The van der Waals surface area contributed by atoms with Gasteiger partial charge in [0.25, 0.3) is 0 Å². The zero-order valence-electron chi connectivity index (χ0n) is 14.7. The number of hydrogen-bond acceptors (Lipinski definition) is 4. The molecule has 2 heterocycles. The normalized spacial score (nSPS) is 16.6. The lowest BCUT2D eigenvalue weighted by molar-refractivity contribution is -0.918. The number of benzene rings is 1. The molecule has 132 valence electrons. The predicted molar refractivity (Wildman–Crippen MR) is 98.1 cm³/mol. The summed E-state index contributed by atoms with van der Waals surface area (Å²) in [6, 6.07) is 10.8. The van der Waals surface area contributed by atoms with Crippen LogP contribution in [0.15, 0.2) is 41.5 Å². The van der Waals surface area contributed by atoms with Crippen molar-refractivity contribution in [1.82, 2.24) is 4.98 Å². The standard InChI is InChI=1S/C20H25N3O2/c1-15-20(25)18(17(14-24)11-22-15)12-21-13-19(23-9-5-6-10-23)16-7-3-2-4-8-16/h2-4,7-8,11-12,19,24-25H,5-6,9-10,13-14H2,1H3/p+1/t19-/m0/s1. The molecule has 1 aromatic heterocycles. The van der Waals surface area contributed by atoms with Crippen molar-refractivity contribution < 1.29 is 15.1 Å². The molecule has 5 heteroatoms. The molecule has 1 aromatic carbocycles. The molecule has 0 saturated carbocycles. The van der Waals surface area contributed by atoms with Gasteiger partial charge in [-0.25, -0.2) is 0 Å². The van der Waals surface area contributed by atoms with Gasteiger partial charge in [-0.3, -0.25) is 9.98 Å². The Morgan fingerprint density at radius 3 is 2.64 bits per heavy atom. The average Bonchev–Trinajstić information content (AvgIpc) is 3.17. The lowest BCUT2D eigenvalue weighted by Crippen LogP contribution is -3.10. The van der Waals surface area contributed by atoms with E-state index >= 15 is 0 Å². The van der Waals surface area contributed by atoms with E-state index in [-0.39, 0.29) is 12.4 Å². The number of aromatic hydroxyl groups is 1. The monoisotopic (exact) mass is 340 g/mol. The van der Waals surface area contributed by atoms with Gasteiger partial charge in [-0.05, 0) is 6.92 Å². The average molecular weight is 340 g/mol. The molecule has 0 amide bonds. The van der Waals surface area contributed by atoms with E-state index in [9.17, 15) is 10.2 Å². The minimum Gasteiger partial charge on any atom is -0.505 e. The third-order valence-electron chi connectivity index (χ3n) is 4.98. The second-order valence-electron chi connectivity index (χ2n) is 6.61. The lowest BCUT2D eigenvalue weighted by Gasteiger charge is -2.23. The Morgan fingerprint density at radius 1 is 1.24 bits per heavy atom. The number of aliphatic hydroxyl groups excluding tert-OH is 1. The molecule has 0 bridgehead atoms. The van der Waals surface area contributed by atoms with Gasteiger partial charge in [0.1, 0.15) is 11.8 Å². The van der Waals surface area contributed by atoms with Crippen LogP contribution in [0.4, 0.5) is 0 Å². The van der Waals surface area contributed by atoms with Crippen molar-refractivity contribution in [3.63, 3.8) is 0 Å². The first-order chi connectivity index (χ1) is 12.2. The van der Waals surface area contributed by atoms with Crippen LogP contribution in [0.1, 0.15) is 41.3 Å². The molecule has 25 heavy (non-hydrogen) atoms. The van der Waals surface area contributed by atoms with Crippen LogP contribution in [0.25, 0.3) is 0 Å². The van der Waals surface area contributed by atoms with Crippen molar-refractivity contribution in [3.8, 4) is 5.75 Å². The summed E-state index contributed by atoms with van der Waals surface area (Å²) in [5.41, 5.74) is 3.01. The second kappa shape index (κ2) is 8.23. The van der Waals surface area contributed by atoms with Crippen LogP contribution in [0.3, 0.4) is 0 Å². The van der Waals surface area contributed by atoms with Gasteiger partial charge in [-0.15, -0.1) is 0 Å². The van der Waals surface area contributed by atoms with E-state index in [1.807, 2.05) is 6.07 Å². The van der Waals surface area contributed by atoms with Crippen LogP contribution in [-0.2, 0) is 6.61 Å². The van der Waals surface area contributed by atoms with E-state index in [1.54, 1.807) is 24.2 Å². The van der Waals surface area contributed by atoms with Crippen molar-refractivity contribution >= 4 is 6.21 Å². The van der Waals surface area contributed by atoms with Crippen molar-refractivity contribution in [1.29, 1.82) is 0 Å². The number of rotatable bonds is 6. The topological polar surface area (TPSA) is 70.2 Å². The van der Waals surface area contributed by atoms with Gasteiger partial charge in [0.15, 0.2) is 0 Å². The third kappa shape index (κ3) is 4.06. The maximum Gasteiger partial charge on any atom is 0.145 e. The Balaban J connectivity index is 1.82. The molecule has 0 spiro atoms. The highest BCUT2D eigenvalue weighted by molar-refractivity contribution is 5.85. The Morgan fingerprint density at radius 2 is 1.96 bits per heavy atom. The summed E-state index contributed by atoms with van der Waals surface area (Å²) in [5.74, 6) is 0.0973. The Bertz CT molecular complexity index is 725. The summed E-state index contributed by atoms with van der Waals surface area (Å²) in [4.78, 5) is 10.3. The van der Waals surface area contributed by atoms with Crippen molar-refractivity contribution in [2.75, 3.05) is 19.6 Å².